The van der Waals surface area contributed by atoms with Gasteiger partial charge < -0.3 is 9.88 Å². The lowest BCUT2D eigenvalue weighted by molar-refractivity contribution is 0.0939. The largest absolute Gasteiger partial charge is 0.344 e. The molecule has 30 heavy (non-hydrogen) atoms. The molecule has 0 fully saturated rings. The Labute approximate surface area is 177 Å². The maximum absolute atomic E-state index is 13.1. The molecule has 8 heteroatoms. The molecule has 0 aliphatic heterocycles. The van der Waals surface area contributed by atoms with Crippen LogP contribution in [-0.2, 0) is 6.54 Å². The Hall–Kier alpha value is -3.45. The third-order valence-electron chi connectivity index (χ3n) is 5.02. The summed E-state index contributed by atoms with van der Waals surface area (Å²) < 4.78 is 3.15. The summed E-state index contributed by atoms with van der Waals surface area (Å²) in [5, 5.41) is 8.88. The van der Waals surface area contributed by atoms with Crippen LogP contribution >= 0.6 is 11.6 Å². The fourth-order valence-electron chi connectivity index (χ4n) is 3.66. The second kappa shape index (κ2) is 7.76. The van der Waals surface area contributed by atoms with Crippen LogP contribution in [-0.4, -0.2) is 25.1 Å². The number of allylic oxidation sites excluding steroid dienone is 1. The summed E-state index contributed by atoms with van der Waals surface area (Å²) in [5.41, 5.74) is 1.90. The zero-order valence-corrected chi connectivity index (χ0v) is 17.3. The molecule has 4 aromatic rings. The fourth-order valence-corrected chi connectivity index (χ4v) is 3.92. The van der Waals surface area contributed by atoms with Crippen LogP contribution in [0.25, 0.3) is 16.4 Å². The molecule has 3 heterocycles. The summed E-state index contributed by atoms with van der Waals surface area (Å²) in [5.74, 6) is -0.308. The molecule has 0 saturated heterocycles. The molecule has 152 valence electrons. The lowest BCUT2D eigenvalue weighted by Gasteiger charge is -2.20. The molecule has 0 radical (unpaired) electrons. The van der Waals surface area contributed by atoms with Crippen molar-refractivity contribution in [2.75, 3.05) is 0 Å². The van der Waals surface area contributed by atoms with E-state index in [1.54, 1.807) is 52.7 Å². The van der Waals surface area contributed by atoms with E-state index in [0.29, 0.717) is 39.6 Å². The predicted molar refractivity (Wildman–Crippen MR) is 117 cm³/mol. The van der Waals surface area contributed by atoms with Gasteiger partial charge >= 0.3 is 0 Å². The van der Waals surface area contributed by atoms with Crippen LogP contribution in [0.2, 0.25) is 5.02 Å². The second-order valence-electron chi connectivity index (χ2n) is 7.02. The van der Waals surface area contributed by atoms with Gasteiger partial charge in [-0.2, -0.15) is 5.10 Å². The number of carbonyl (C=O) groups is 1. The summed E-state index contributed by atoms with van der Waals surface area (Å²) in [6.07, 6.45) is 5.00. The number of pyridine rings is 1. The van der Waals surface area contributed by atoms with Crippen LogP contribution in [0.5, 0.6) is 0 Å². The molecule has 1 amide bonds. The van der Waals surface area contributed by atoms with Gasteiger partial charge in [0.25, 0.3) is 11.5 Å². The van der Waals surface area contributed by atoms with Crippen molar-refractivity contribution in [2.45, 2.75) is 26.4 Å². The van der Waals surface area contributed by atoms with Gasteiger partial charge in [0.1, 0.15) is 5.56 Å². The molecule has 3 aromatic heterocycles. The summed E-state index contributed by atoms with van der Waals surface area (Å²) >= 11 is 6.27. The van der Waals surface area contributed by atoms with Crippen LogP contribution in [0.15, 0.2) is 60.2 Å². The number of hydrogen-bond acceptors (Lipinski definition) is 4. The number of carbonyl (C=O) groups excluding carboxylic acids is 1. The van der Waals surface area contributed by atoms with Crippen molar-refractivity contribution < 1.29 is 4.79 Å². The molecule has 0 bridgehead atoms. The van der Waals surface area contributed by atoms with E-state index in [9.17, 15) is 9.59 Å². The number of rotatable bonds is 5. The van der Waals surface area contributed by atoms with Crippen LogP contribution in [0.1, 0.15) is 34.7 Å². The number of nitrogens with zero attached hydrogens (tertiary/aromatic N) is 4. The van der Waals surface area contributed by atoms with Gasteiger partial charge in [0, 0.05) is 24.6 Å². The Morgan fingerprint density at radius 3 is 2.93 bits per heavy atom. The Bertz CT molecular complexity index is 1360. The van der Waals surface area contributed by atoms with Crippen molar-refractivity contribution in [3.8, 4) is 0 Å². The minimum atomic E-state index is -0.452. The number of fused-ring (bicyclic) bond motifs is 2. The minimum absolute atomic E-state index is 0.220. The van der Waals surface area contributed by atoms with E-state index in [2.05, 4.69) is 22.0 Å². The molecule has 1 N–H and O–H groups in total. The van der Waals surface area contributed by atoms with Gasteiger partial charge in [-0.15, -0.1) is 6.58 Å². The van der Waals surface area contributed by atoms with Crippen molar-refractivity contribution in [2.24, 2.45) is 0 Å². The molecule has 7 nitrogen and oxygen atoms in total. The van der Waals surface area contributed by atoms with Crippen LogP contribution in [0, 0.1) is 6.92 Å². The zero-order valence-electron chi connectivity index (χ0n) is 16.6. The van der Waals surface area contributed by atoms with Gasteiger partial charge in [0.2, 0.25) is 0 Å². The molecular formula is C22H20ClN5O2. The Kier molecular flexibility index (Phi) is 5.13. The second-order valence-corrected chi connectivity index (χ2v) is 7.43. The first-order chi connectivity index (χ1) is 14.4. The number of benzene rings is 1. The normalized spacial score (nSPS) is 12.2. The predicted octanol–water partition coefficient (Wildman–Crippen LogP) is 3.68. The van der Waals surface area contributed by atoms with E-state index < -0.39 is 6.04 Å². The van der Waals surface area contributed by atoms with Crippen LogP contribution in [0.3, 0.4) is 0 Å². The lowest BCUT2D eigenvalue weighted by Crippen LogP contribution is -2.32. The van der Waals surface area contributed by atoms with Crippen molar-refractivity contribution >= 4 is 33.9 Å². The summed E-state index contributed by atoms with van der Waals surface area (Å²) in [7, 11) is 0. The number of nitrogens with one attached hydrogen (secondary N) is 1. The number of aryl methyl sites for hydroxylation is 1. The summed E-state index contributed by atoms with van der Waals surface area (Å²) in [6, 6.07) is 8.49. The zero-order chi connectivity index (χ0) is 21.4. The van der Waals surface area contributed by atoms with Gasteiger partial charge in [-0.25, -0.2) is 9.50 Å². The molecule has 0 unspecified atom stereocenters. The van der Waals surface area contributed by atoms with Gasteiger partial charge in [-0.1, -0.05) is 29.8 Å². The number of halogens is 1. The molecule has 1 aromatic carbocycles. The quantitative estimate of drug-likeness (QED) is 0.498. The molecule has 1 atom stereocenters. The third-order valence-corrected chi connectivity index (χ3v) is 5.34. The highest BCUT2D eigenvalue weighted by Gasteiger charge is 2.22. The lowest BCUT2D eigenvalue weighted by atomic mass is 10.1. The number of aromatic nitrogens is 4. The fraction of sp³-hybridized carbons (Fsp3) is 0.182. The average molecular weight is 422 g/mol. The minimum Gasteiger partial charge on any atom is -0.344 e. The average Bonchev–Trinajstić information content (AvgIpc) is 3.05. The van der Waals surface area contributed by atoms with Crippen LogP contribution in [0.4, 0.5) is 0 Å². The van der Waals surface area contributed by atoms with Gasteiger partial charge in [-0.05, 0) is 37.4 Å². The first-order valence-corrected chi connectivity index (χ1v) is 9.84. The number of hydrogen-bond donors (Lipinski definition) is 1. The van der Waals surface area contributed by atoms with Gasteiger partial charge in [0.05, 0.1) is 22.1 Å². The van der Waals surface area contributed by atoms with Gasteiger partial charge in [-0.3, -0.25) is 9.59 Å². The summed E-state index contributed by atoms with van der Waals surface area (Å²) in [6.45, 7) is 7.64. The van der Waals surface area contributed by atoms with E-state index >= 15 is 0 Å². The van der Waals surface area contributed by atoms with Crippen molar-refractivity contribution in [1.82, 2.24) is 24.5 Å². The monoisotopic (exact) mass is 421 g/mol. The van der Waals surface area contributed by atoms with E-state index in [1.807, 2.05) is 19.1 Å². The molecule has 0 saturated carbocycles. The topological polar surface area (TPSA) is 81.3 Å². The highest BCUT2D eigenvalue weighted by molar-refractivity contribution is 6.35. The highest BCUT2D eigenvalue weighted by Crippen LogP contribution is 2.24. The first kappa shape index (κ1) is 19.8. The molecule has 4 rings (SSSR count). The van der Waals surface area contributed by atoms with Crippen LogP contribution < -0.4 is 10.9 Å². The first-order valence-electron chi connectivity index (χ1n) is 9.46. The molecular weight excluding hydrogens is 402 g/mol. The Morgan fingerprint density at radius 2 is 2.17 bits per heavy atom. The Balaban J connectivity index is 1.77. The van der Waals surface area contributed by atoms with E-state index in [4.69, 9.17) is 11.6 Å². The number of amides is 1. The smallest absolute Gasteiger partial charge is 0.260 e. The highest BCUT2D eigenvalue weighted by atomic mass is 35.5. The molecule has 0 aliphatic rings. The standard InChI is InChI=1S/C22H20ClN5O2/c1-4-10-27-17(12-15-7-5-8-16(23)19(15)22(27)30)13(2)25-21(29)18-14(3)26-28-11-6-9-24-20(18)28/h4-9,11-13H,1,10H2,2-3H3,(H,25,29)/t13-/m0/s1. The molecule has 0 spiro atoms. The summed E-state index contributed by atoms with van der Waals surface area (Å²) in [4.78, 5) is 30.4. The van der Waals surface area contributed by atoms with Crippen molar-refractivity contribution in [1.29, 1.82) is 0 Å². The van der Waals surface area contributed by atoms with Crippen molar-refractivity contribution in [3.05, 3.63) is 87.7 Å². The molecule has 0 aliphatic carbocycles. The van der Waals surface area contributed by atoms with E-state index in [1.165, 1.54) is 0 Å². The Morgan fingerprint density at radius 1 is 1.37 bits per heavy atom. The maximum Gasteiger partial charge on any atom is 0.260 e. The van der Waals surface area contributed by atoms with E-state index in [0.717, 1.165) is 5.39 Å². The van der Waals surface area contributed by atoms with E-state index in [-0.39, 0.29) is 11.5 Å². The maximum atomic E-state index is 13.1. The third kappa shape index (κ3) is 3.27. The van der Waals surface area contributed by atoms with Gasteiger partial charge in [0.15, 0.2) is 5.65 Å². The van der Waals surface area contributed by atoms with Crippen molar-refractivity contribution in [3.63, 3.8) is 0 Å². The SMILES string of the molecule is C=CCn1c([C@H](C)NC(=O)c2c(C)nn3cccnc23)cc2cccc(Cl)c2c1=O.